The van der Waals surface area contributed by atoms with E-state index >= 15 is 0 Å². The van der Waals surface area contributed by atoms with Crippen molar-refractivity contribution in [3.05, 3.63) is 12.5 Å². The molecular weight excluding hydrogens is 228 g/mol. The lowest BCUT2D eigenvalue weighted by atomic mass is 10.0. The summed E-state index contributed by atoms with van der Waals surface area (Å²) >= 11 is 0. The van der Waals surface area contributed by atoms with Crippen LogP contribution in [0.1, 0.15) is 25.7 Å². The van der Waals surface area contributed by atoms with Gasteiger partial charge in [-0.3, -0.25) is 0 Å². The third-order valence-corrected chi connectivity index (χ3v) is 4.23. The fourth-order valence-corrected chi connectivity index (χ4v) is 3.20. The van der Waals surface area contributed by atoms with Crippen LogP contribution in [0.4, 0.5) is 0 Å². The molecule has 16 heavy (non-hydrogen) atoms. The van der Waals surface area contributed by atoms with E-state index in [0.29, 0.717) is 12.8 Å². The number of imidazole rings is 1. The van der Waals surface area contributed by atoms with Crippen LogP contribution < -0.4 is 4.72 Å². The molecule has 1 fully saturated rings. The number of aromatic amines is 1. The maximum Gasteiger partial charge on any atom is 0.258 e. The summed E-state index contributed by atoms with van der Waals surface area (Å²) in [5.41, 5.74) is -0.941. The van der Waals surface area contributed by atoms with E-state index in [4.69, 9.17) is 5.26 Å². The highest BCUT2D eigenvalue weighted by atomic mass is 32.2. The van der Waals surface area contributed by atoms with E-state index in [9.17, 15) is 8.42 Å². The molecule has 1 saturated carbocycles. The van der Waals surface area contributed by atoms with Crippen molar-refractivity contribution in [3.8, 4) is 6.07 Å². The first kappa shape index (κ1) is 11.1. The molecule has 6 nitrogen and oxygen atoms in total. The van der Waals surface area contributed by atoms with Gasteiger partial charge in [0, 0.05) is 0 Å². The number of nitrogens with one attached hydrogen (secondary N) is 2. The summed E-state index contributed by atoms with van der Waals surface area (Å²) in [6.45, 7) is 0. The Kier molecular flexibility index (Phi) is 2.69. The Morgan fingerprint density at radius 1 is 1.50 bits per heavy atom. The number of nitrogens with zero attached hydrogens (tertiary/aromatic N) is 2. The summed E-state index contributed by atoms with van der Waals surface area (Å²) in [5.74, 6) is 0. The van der Waals surface area contributed by atoms with Crippen LogP contribution in [0, 0.1) is 11.3 Å². The molecule has 1 aliphatic carbocycles. The third-order valence-electron chi connectivity index (χ3n) is 2.76. The second-order valence-electron chi connectivity index (χ2n) is 3.92. The first-order valence-electron chi connectivity index (χ1n) is 5.02. The van der Waals surface area contributed by atoms with Gasteiger partial charge in [-0.05, 0) is 12.8 Å². The fraction of sp³-hybridized carbons (Fsp3) is 0.556. The molecule has 0 amide bonds. The van der Waals surface area contributed by atoms with Crippen molar-refractivity contribution in [2.45, 2.75) is 36.2 Å². The van der Waals surface area contributed by atoms with Gasteiger partial charge in [0.25, 0.3) is 10.0 Å². The van der Waals surface area contributed by atoms with Crippen molar-refractivity contribution in [1.29, 1.82) is 5.26 Å². The lowest BCUT2D eigenvalue weighted by Crippen LogP contribution is -2.45. The molecule has 0 aromatic carbocycles. The zero-order valence-electron chi connectivity index (χ0n) is 8.60. The van der Waals surface area contributed by atoms with Gasteiger partial charge in [0.15, 0.2) is 5.03 Å². The molecule has 0 bridgehead atoms. The monoisotopic (exact) mass is 240 g/mol. The van der Waals surface area contributed by atoms with E-state index in [0.717, 1.165) is 12.8 Å². The second kappa shape index (κ2) is 3.88. The predicted octanol–water partition coefficient (Wildman–Crippen LogP) is 0.524. The summed E-state index contributed by atoms with van der Waals surface area (Å²) in [6, 6.07) is 2.07. The van der Waals surface area contributed by atoms with Gasteiger partial charge in [-0.2, -0.15) is 9.98 Å². The van der Waals surface area contributed by atoms with E-state index in [2.05, 4.69) is 20.8 Å². The molecule has 1 aromatic heterocycles. The molecule has 0 unspecified atom stereocenters. The first-order chi connectivity index (χ1) is 7.58. The summed E-state index contributed by atoms with van der Waals surface area (Å²) in [7, 11) is -3.66. The van der Waals surface area contributed by atoms with Crippen molar-refractivity contribution in [1.82, 2.24) is 14.7 Å². The number of sulfonamides is 1. The van der Waals surface area contributed by atoms with E-state index in [-0.39, 0.29) is 5.03 Å². The average molecular weight is 240 g/mol. The Balaban J connectivity index is 2.25. The number of aromatic nitrogens is 2. The normalized spacial score (nSPS) is 19.4. The van der Waals surface area contributed by atoms with Crippen LogP contribution >= 0.6 is 0 Å². The Labute approximate surface area is 93.7 Å². The molecular formula is C9H12N4O2S. The largest absolute Gasteiger partial charge is 0.335 e. The Bertz CT molecular complexity index is 494. The van der Waals surface area contributed by atoms with Crippen LogP contribution in [0.15, 0.2) is 17.6 Å². The zero-order chi connectivity index (χ0) is 11.6. The highest BCUT2D eigenvalue weighted by molar-refractivity contribution is 7.89. The molecule has 2 N–H and O–H groups in total. The van der Waals surface area contributed by atoms with Crippen LogP contribution in [-0.2, 0) is 10.0 Å². The number of hydrogen-bond donors (Lipinski definition) is 2. The molecule has 0 aliphatic heterocycles. The van der Waals surface area contributed by atoms with Gasteiger partial charge in [0.05, 0.1) is 18.6 Å². The highest BCUT2D eigenvalue weighted by Crippen LogP contribution is 2.30. The number of rotatable bonds is 3. The van der Waals surface area contributed by atoms with Crippen molar-refractivity contribution >= 4 is 10.0 Å². The van der Waals surface area contributed by atoms with Crippen molar-refractivity contribution in [3.63, 3.8) is 0 Å². The van der Waals surface area contributed by atoms with Crippen LogP contribution in [0.5, 0.6) is 0 Å². The highest BCUT2D eigenvalue weighted by Gasteiger charge is 2.38. The first-order valence-corrected chi connectivity index (χ1v) is 6.50. The van der Waals surface area contributed by atoms with E-state index in [1.54, 1.807) is 0 Å². The Morgan fingerprint density at radius 3 is 2.69 bits per heavy atom. The molecule has 0 saturated heterocycles. The van der Waals surface area contributed by atoms with Crippen molar-refractivity contribution in [2.75, 3.05) is 0 Å². The molecule has 1 aliphatic rings. The van der Waals surface area contributed by atoms with E-state index in [1.165, 1.54) is 12.5 Å². The standard InChI is InChI=1S/C9H12N4O2S/c10-6-9(3-1-2-4-9)13-16(14,15)8-5-11-7-12-8/h5,7,13H,1-4H2,(H,11,12). The van der Waals surface area contributed by atoms with Gasteiger partial charge >= 0.3 is 0 Å². The van der Waals surface area contributed by atoms with Crippen LogP contribution in [-0.4, -0.2) is 23.9 Å². The molecule has 1 aromatic rings. The summed E-state index contributed by atoms with van der Waals surface area (Å²) in [5, 5.41) is 9.07. The molecule has 1 heterocycles. The smallest absolute Gasteiger partial charge is 0.258 e. The van der Waals surface area contributed by atoms with Crippen molar-refractivity contribution in [2.24, 2.45) is 0 Å². The minimum absolute atomic E-state index is 0.00553. The van der Waals surface area contributed by atoms with Gasteiger partial charge in [-0.15, -0.1) is 0 Å². The number of H-pyrrole nitrogens is 1. The van der Waals surface area contributed by atoms with Crippen LogP contribution in [0.3, 0.4) is 0 Å². The lowest BCUT2D eigenvalue weighted by Gasteiger charge is -2.20. The number of nitriles is 1. The van der Waals surface area contributed by atoms with Gasteiger partial charge in [0.2, 0.25) is 0 Å². The average Bonchev–Trinajstić information content (AvgIpc) is 2.87. The quantitative estimate of drug-likeness (QED) is 0.804. The minimum Gasteiger partial charge on any atom is -0.335 e. The van der Waals surface area contributed by atoms with E-state index in [1.807, 2.05) is 0 Å². The summed E-state index contributed by atoms with van der Waals surface area (Å²) in [6.07, 6.45) is 5.40. The van der Waals surface area contributed by atoms with Crippen LogP contribution in [0.25, 0.3) is 0 Å². The Hall–Kier alpha value is -1.39. The molecule has 86 valence electrons. The Morgan fingerprint density at radius 2 is 2.19 bits per heavy atom. The third kappa shape index (κ3) is 1.94. The molecule has 0 spiro atoms. The maximum absolute atomic E-state index is 11.9. The zero-order valence-corrected chi connectivity index (χ0v) is 9.42. The van der Waals surface area contributed by atoms with Gasteiger partial charge in [0.1, 0.15) is 5.54 Å². The lowest BCUT2D eigenvalue weighted by molar-refractivity contribution is 0.484. The predicted molar refractivity (Wildman–Crippen MR) is 55.7 cm³/mol. The maximum atomic E-state index is 11.9. The van der Waals surface area contributed by atoms with Crippen LogP contribution in [0.2, 0.25) is 0 Å². The van der Waals surface area contributed by atoms with Gasteiger partial charge < -0.3 is 4.98 Å². The summed E-state index contributed by atoms with van der Waals surface area (Å²) in [4.78, 5) is 6.18. The topological polar surface area (TPSA) is 98.6 Å². The minimum atomic E-state index is -3.66. The summed E-state index contributed by atoms with van der Waals surface area (Å²) < 4.78 is 26.2. The van der Waals surface area contributed by atoms with Gasteiger partial charge in [-0.25, -0.2) is 13.4 Å². The molecule has 0 atom stereocenters. The SMILES string of the molecule is N#CC1(NS(=O)(=O)c2cnc[nH]2)CCCC1. The number of hydrogen-bond acceptors (Lipinski definition) is 4. The molecule has 2 rings (SSSR count). The molecule has 0 radical (unpaired) electrons. The fourth-order valence-electron chi connectivity index (χ4n) is 1.92. The molecule has 7 heteroatoms. The van der Waals surface area contributed by atoms with E-state index < -0.39 is 15.6 Å². The van der Waals surface area contributed by atoms with Gasteiger partial charge in [-0.1, -0.05) is 12.8 Å². The second-order valence-corrected chi connectivity index (χ2v) is 5.57. The van der Waals surface area contributed by atoms with Crippen molar-refractivity contribution < 1.29 is 8.42 Å².